The highest BCUT2D eigenvalue weighted by Gasteiger charge is 2.08. The Balaban J connectivity index is 2.32. The van der Waals surface area contributed by atoms with Crippen LogP contribution in [0.3, 0.4) is 0 Å². The fourth-order valence-corrected chi connectivity index (χ4v) is 2.61. The predicted molar refractivity (Wildman–Crippen MR) is 69.5 cm³/mol. The summed E-state index contributed by atoms with van der Waals surface area (Å²) in [6.45, 7) is 0. The van der Waals surface area contributed by atoms with Crippen LogP contribution in [-0.4, -0.2) is 0 Å². The lowest BCUT2D eigenvalue weighted by Crippen LogP contribution is -2.10. The van der Waals surface area contributed by atoms with Crippen molar-refractivity contribution in [2.24, 2.45) is 5.73 Å². The Bertz CT molecular complexity index is 411. The first-order valence-corrected chi connectivity index (χ1v) is 6.32. The Hall–Kier alpha value is -0.390. The van der Waals surface area contributed by atoms with Gasteiger partial charge in [0, 0.05) is 3.57 Å². The van der Waals surface area contributed by atoms with Crippen LogP contribution in [0.4, 0.5) is 0 Å². The first kappa shape index (κ1) is 10.1. The molecule has 0 aliphatic rings. The van der Waals surface area contributed by atoms with Gasteiger partial charge in [-0.1, -0.05) is 12.1 Å². The molecule has 14 heavy (non-hydrogen) atoms. The van der Waals surface area contributed by atoms with Gasteiger partial charge in [0.25, 0.3) is 0 Å². The summed E-state index contributed by atoms with van der Waals surface area (Å²) in [5.41, 5.74) is 8.50. The smallest absolute Gasteiger partial charge is 0.0560 e. The molecule has 1 nitrogen and oxygen atoms in total. The first-order valence-electron chi connectivity index (χ1n) is 4.30. The molecule has 0 radical (unpaired) electrons. The Labute approximate surface area is 101 Å². The highest BCUT2D eigenvalue weighted by Crippen LogP contribution is 2.22. The van der Waals surface area contributed by atoms with Crippen LogP contribution in [0.5, 0.6) is 0 Å². The van der Waals surface area contributed by atoms with E-state index in [-0.39, 0.29) is 6.04 Å². The zero-order chi connectivity index (χ0) is 9.97. The molecule has 2 N–H and O–H groups in total. The second kappa shape index (κ2) is 4.42. The lowest BCUT2D eigenvalue weighted by molar-refractivity contribution is 0.876. The molecule has 0 saturated heterocycles. The Kier molecular flexibility index (Phi) is 3.20. The molecule has 0 spiro atoms. The summed E-state index contributed by atoms with van der Waals surface area (Å²) in [6, 6.07) is 10.4. The van der Waals surface area contributed by atoms with Gasteiger partial charge < -0.3 is 5.73 Å². The Morgan fingerprint density at radius 1 is 1.21 bits per heavy atom. The van der Waals surface area contributed by atoms with E-state index in [1.54, 1.807) is 11.3 Å². The van der Waals surface area contributed by atoms with Crippen molar-refractivity contribution in [3.05, 3.63) is 55.8 Å². The van der Waals surface area contributed by atoms with Crippen molar-refractivity contribution in [3.63, 3.8) is 0 Å². The number of thiophene rings is 1. The second-order valence-corrected chi connectivity index (χ2v) is 5.12. The minimum absolute atomic E-state index is 0.0102. The van der Waals surface area contributed by atoms with E-state index in [1.165, 1.54) is 14.7 Å². The highest BCUT2D eigenvalue weighted by atomic mass is 127. The van der Waals surface area contributed by atoms with Crippen molar-refractivity contribution in [1.82, 2.24) is 0 Å². The van der Waals surface area contributed by atoms with Crippen molar-refractivity contribution in [2.45, 2.75) is 6.04 Å². The Morgan fingerprint density at radius 2 is 2.07 bits per heavy atom. The molecular weight excluding hydrogens is 305 g/mol. The maximum Gasteiger partial charge on any atom is 0.0560 e. The number of halogens is 1. The molecule has 0 amide bonds. The van der Waals surface area contributed by atoms with Crippen molar-refractivity contribution < 1.29 is 0 Å². The number of hydrogen-bond acceptors (Lipinski definition) is 2. The fourth-order valence-electron chi connectivity index (χ4n) is 1.34. The third-order valence-corrected chi connectivity index (χ3v) is 3.48. The SMILES string of the molecule is N[C@@H](c1ccsc1)c1cccc(I)c1. The maximum absolute atomic E-state index is 6.13. The van der Waals surface area contributed by atoms with Gasteiger partial charge in [-0.3, -0.25) is 0 Å². The molecule has 2 rings (SSSR count). The topological polar surface area (TPSA) is 26.0 Å². The van der Waals surface area contributed by atoms with Crippen LogP contribution in [0.2, 0.25) is 0 Å². The number of benzene rings is 1. The molecular formula is C11H10INS. The summed E-state index contributed by atoms with van der Waals surface area (Å²) in [5, 5.41) is 4.16. The Morgan fingerprint density at radius 3 is 2.71 bits per heavy atom. The first-order chi connectivity index (χ1) is 6.77. The van der Waals surface area contributed by atoms with Gasteiger partial charge >= 0.3 is 0 Å². The van der Waals surface area contributed by atoms with E-state index in [1.807, 2.05) is 6.07 Å². The number of hydrogen-bond donors (Lipinski definition) is 1. The molecule has 3 heteroatoms. The summed E-state index contributed by atoms with van der Waals surface area (Å²) < 4.78 is 1.23. The molecule has 72 valence electrons. The quantitative estimate of drug-likeness (QED) is 0.845. The van der Waals surface area contributed by atoms with E-state index in [4.69, 9.17) is 5.73 Å². The lowest BCUT2D eigenvalue weighted by atomic mass is 10.0. The molecule has 0 aliphatic heterocycles. The van der Waals surface area contributed by atoms with Crippen molar-refractivity contribution in [1.29, 1.82) is 0 Å². The second-order valence-electron chi connectivity index (χ2n) is 3.09. The van der Waals surface area contributed by atoms with Crippen LogP contribution in [0.15, 0.2) is 41.1 Å². The molecule has 2 aromatic rings. The molecule has 0 aliphatic carbocycles. The summed E-state index contributed by atoms with van der Waals surface area (Å²) in [5.74, 6) is 0. The van der Waals surface area contributed by atoms with Crippen molar-refractivity contribution in [3.8, 4) is 0 Å². The standard InChI is InChI=1S/C11H10INS/c12-10-3-1-2-8(6-10)11(13)9-4-5-14-7-9/h1-7,11H,13H2/t11-/m1/s1. The van der Waals surface area contributed by atoms with E-state index in [0.717, 1.165) is 0 Å². The number of nitrogens with two attached hydrogens (primary N) is 1. The molecule has 0 saturated carbocycles. The van der Waals surface area contributed by atoms with Crippen LogP contribution >= 0.6 is 33.9 Å². The minimum atomic E-state index is 0.0102. The zero-order valence-electron chi connectivity index (χ0n) is 7.48. The predicted octanol–water partition coefficient (Wildman–Crippen LogP) is 3.40. The maximum atomic E-state index is 6.13. The number of rotatable bonds is 2. The van der Waals surface area contributed by atoms with E-state index in [0.29, 0.717) is 0 Å². The average Bonchev–Trinajstić information content (AvgIpc) is 2.69. The summed E-state index contributed by atoms with van der Waals surface area (Å²) in [4.78, 5) is 0. The van der Waals surface area contributed by atoms with Crippen LogP contribution in [0, 0.1) is 3.57 Å². The van der Waals surface area contributed by atoms with Gasteiger partial charge in [0.15, 0.2) is 0 Å². The van der Waals surface area contributed by atoms with Gasteiger partial charge in [-0.2, -0.15) is 11.3 Å². The molecule has 1 aromatic heterocycles. The highest BCUT2D eigenvalue weighted by molar-refractivity contribution is 14.1. The van der Waals surface area contributed by atoms with Gasteiger partial charge in [0.2, 0.25) is 0 Å². The van der Waals surface area contributed by atoms with E-state index >= 15 is 0 Å². The molecule has 1 heterocycles. The van der Waals surface area contributed by atoms with E-state index < -0.39 is 0 Å². The summed E-state index contributed by atoms with van der Waals surface area (Å²) in [6.07, 6.45) is 0. The van der Waals surface area contributed by atoms with E-state index in [2.05, 4.69) is 57.6 Å². The monoisotopic (exact) mass is 315 g/mol. The van der Waals surface area contributed by atoms with Crippen molar-refractivity contribution >= 4 is 33.9 Å². The van der Waals surface area contributed by atoms with Crippen LogP contribution in [0.1, 0.15) is 17.2 Å². The van der Waals surface area contributed by atoms with Crippen molar-refractivity contribution in [2.75, 3.05) is 0 Å². The van der Waals surface area contributed by atoms with Gasteiger partial charge in [-0.05, 0) is 62.7 Å². The third kappa shape index (κ3) is 2.16. The van der Waals surface area contributed by atoms with Crippen LogP contribution in [-0.2, 0) is 0 Å². The van der Waals surface area contributed by atoms with E-state index in [9.17, 15) is 0 Å². The van der Waals surface area contributed by atoms with Gasteiger partial charge in [0.1, 0.15) is 0 Å². The molecule has 0 bridgehead atoms. The molecule has 1 atom stereocenters. The molecule has 0 fully saturated rings. The zero-order valence-corrected chi connectivity index (χ0v) is 10.5. The van der Waals surface area contributed by atoms with Crippen LogP contribution < -0.4 is 5.73 Å². The van der Waals surface area contributed by atoms with Gasteiger partial charge in [0.05, 0.1) is 6.04 Å². The summed E-state index contributed by atoms with van der Waals surface area (Å²) in [7, 11) is 0. The van der Waals surface area contributed by atoms with Gasteiger partial charge in [-0.15, -0.1) is 0 Å². The minimum Gasteiger partial charge on any atom is -0.320 e. The normalized spacial score (nSPS) is 12.7. The molecule has 1 aromatic carbocycles. The summed E-state index contributed by atoms with van der Waals surface area (Å²) >= 11 is 3.99. The van der Waals surface area contributed by atoms with Crippen LogP contribution in [0.25, 0.3) is 0 Å². The lowest BCUT2D eigenvalue weighted by Gasteiger charge is -2.10. The van der Waals surface area contributed by atoms with Gasteiger partial charge in [-0.25, -0.2) is 0 Å². The average molecular weight is 315 g/mol. The fraction of sp³-hybridized carbons (Fsp3) is 0.0909. The molecule has 0 unspecified atom stereocenters. The largest absolute Gasteiger partial charge is 0.320 e. The third-order valence-electron chi connectivity index (χ3n) is 2.11.